The molecule has 0 radical (unpaired) electrons. The first-order valence-corrected chi connectivity index (χ1v) is 4.32. The summed E-state index contributed by atoms with van der Waals surface area (Å²) in [5.74, 6) is 0. The number of alkyl halides is 3. The summed E-state index contributed by atoms with van der Waals surface area (Å²) in [7, 11) is 0. The van der Waals surface area contributed by atoms with Gasteiger partial charge in [-0.2, -0.15) is 13.2 Å². The van der Waals surface area contributed by atoms with E-state index in [0.717, 1.165) is 12.8 Å². The summed E-state index contributed by atoms with van der Waals surface area (Å²) in [5.41, 5.74) is 5.46. The average molecular weight is 199 g/mol. The van der Waals surface area contributed by atoms with Crippen LogP contribution in [0.4, 0.5) is 13.2 Å². The molecule has 0 bridgehead atoms. The molecule has 0 aliphatic carbocycles. The second-order valence-corrected chi connectivity index (χ2v) is 3.14. The van der Waals surface area contributed by atoms with E-state index in [4.69, 9.17) is 5.73 Å². The van der Waals surface area contributed by atoms with Crippen LogP contribution in [0.15, 0.2) is 0 Å². The SMILES string of the molecule is CC(N)CCCCOCC(F)(F)F. The van der Waals surface area contributed by atoms with Crippen molar-refractivity contribution in [3.8, 4) is 0 Å². The molecule has 0 aromatic rings. The monoisotopic (exact) mass is 199 g/mol. The van der Waals surface area contributed by atoms with Crippen molar-refractivity contribution >= 4 is 0 Å². The molecule has 0 heterocycles. The molecule has 0 spiro atoms. The Morgan fingerprint density at radius 2 is 1.92 bits per heavy atom. The van der Waals surface area contributed by atoms with Gasteiger partial charge in [-0.05, 0) is 26.2 Å². The van der Waals surface area contributed by atoms with Crippen LogP contribution < -0.4 is 5.73 Å². The number of ether oxygens (including phenoxy) is 1. The van der Waals surface area contributed by atoms with Gasteiger partial charge < -0.3 is 10.5 Å². The number of nitrogens with two attached hydrogens (primary N) is 1. The van der Waals surface area contributed by atoms with E-state index in [1.807, 2.05) is 6.92 Å². The number of unbranched alkanes of at least 4 members (excludes halogenated alkanes) is 1. The molecule has 0 rings (SSSR count). The molecule has 0 aliphatic rings. The van der Waals surface area contributed by atoms with E-state index in [-0.39, 0.29) is 12.6 Å². The molecule has 13 heavy (non-hydrogen) atoms. The van der Waals surface area contributed by atoms with Crippen molar-refractivity contribution in [2.45, 2.75) is 38.4 Å². The first kappa shape index (κ1) is 12.7. The van der Waals surface area contributed by atoms with E-state index in [9.17, 15) is 13.2 Å². The molecule has 1 atom stereocenters. The van der Waals surface area contributed by atoms with Gasteiger partial charge in [0.25, 0.3) is 0 Å². The summed E-state index contributed by atoms with van der Waals surface area (Å²) < 4.78 is 39.1. The molecular formula is C8H16F3NO. The van der Waals surface area contributed by atoms with Crippen LogP contribution in [0.5, 0.6) is 0 Å². The van der Waals surface area contributed by atoms with Crippen LogP contribution in [0, 0.1) is 0 Å². The molecule has 0 aromatic carbocycles. The molecular weight excluding hydrogens is 183 g/mol. The van der Waals surface area contributed by atoms with Crippen molar-refractivity contribution in [1.29, 1.82) is 0 Å². The number of rotatable bonds is 6. The lowest BCUT2D eigenvalue weighted by atomic mass is 10.1. The highest BCUT2D eigenvalue weighted by molar-refractivity contribution is 4.53. The van der Waals surface area contributed by atoms with Crippen LogP contribution in [0.1, 0.15) is 26.2 Å². The maximum atomic E-state index is 11.5. The van der Waals surface area contributed by atoms with Gasteiger partial charge >= 0.3 is 6.18 Å². The highest BCUT2D eigenvalue weighted by Gasteiger charge is 2.27. The van der Waals surface area contributed by atoms with Gasteiger partial charge in [-0.25, -0.2) is 0 Å². The maximum Gasteiger partial charge on any atom is 0.411 e. The topological polar surface area (TPSA) is 35.2 Å². The maximum absolute atomic E-state index is 11.5. The summed E-state index contributed by atoms with van der Waals surface area (Å²) in [4.78, 5) is 0. The van der Waals surface area contributed by atoms with E-state index < -0.39 is 12.8 Å². The molecule has 2 nitrogen and oxygen atoms in total. The molecule has 0 saturated heterocycles. The summed E-state index contributed by atoms with van der Waals surface area (Å²) in [6.45, 7) is 0.883. The lowest BCUT2D eigenvalue weighted by Crippen LogP contribution is -2.18. The highest BCUT2D eigenvalue weighted by atomic mass is 19.4. The Labute approximate surface area is 76.2 Å². The van der Waals surface area contributed by atoms with Crippen LogP contribution in [0.2, 0.25) is 0 Å². The van der Waals surface area contributed by atoms with E-state index >= 15 is 0 Å². The van der Waals surface area contributed by atoms with Gasteiger partial charge in [0.05, 0.1) is 0 Å². The van der Waals surface area contributed by atoms with Crippen molar-refractivity contribution < 1.29 is 17.9 Å². The lowest BCUT2D eigenvalue weighted by Gasteiger charge is -2.08. The summed E-state index contributed by atoms with van der Waals surface area (Å²) in [5, 5.41) is 0. The molecule has 0 aliphatic heterocycles. The molecule has 0 amide bonds. The first-order valence-electron chi connectivity index (χ1n) is 4.32. The molecule has 0 aromatic heterocycles. The quantitative estimate of drug-likeness (QED) is 0.665. The van der Waals surface area contributed by atoms with Crippen molar-refractivity contribution in [3.05, 3.63) is 0 Å². The molecule has 5 heteroatoms. The standard InChI is InChI=1S/C8H16F3NO/c1-7(12)4-2-3-5-13-6-8(9,10)11/h7H,2-6,12H2,1H3. The number of hydrogen-bond acceptors (Lipinski definition) is 2. The highest BCUT2D eigenvalue weighted by Crippen LogP contribution is 2.14. The summed E-state index contributed by atoms with van der Waals surface area (Å²) in [6, 6.07) is 0.114. The van der Waals surface area contributed by atoms with E-state index in [1.165, 1.54) is 0 Å². The predicted octanol–water partition coefficient (Wildman–Crippen LogP) is 2.08. The zero-order chi connectivity index (χ0) is 10.3. The van der Waals surface area contributed by atoms with E-state index in [2.05, 4.69) is 4.74 Å². The Morgan fingerprint density at radius 1 is 1.31 bits per heavy atom. The number of hydrogen-bond donors (Lipinski definition) is 1. The minimum atomic E-state index is -4.21. The molecule has 2 N–H and O–H groups in total. The minimum absolute atomic E-state index is 0.114. The second kappa shape index (κ2) is 6.21. The Morgan fingerprint density at radius 3 is 2.38 bits per heavy atom. The molecule has 0 fully saturated rings. The van der Waals surface area contributed by atoms with Crippen molar-refractivity contribution in [2.75, 3.05) is 13.2 Å². The fourth-order valence-corrected chi connectivity index (χ4v) is 0.858. The lowest BCUT2D eigenvalue weighted by molar-refractivity contribution is -0.174. The Kier molecular flexibility index (Phi) is 6.07. The zero-order valence-electron chi connectivity index (χ0n) is 7.73. The Hall–Kier alpha value is -0.290. The first-order chi connectivity index (χ1) is 5.92. The van der Waals surface area contributed by atoms with Gasteiger partial charge in [0.1, 0.15) is 6.61 Å². The van der Waals surface area contributed by atoms with Gasteiger partial charge in [-0.1, -0.05) is 0 Å². The largest absolute Gasteiger partial charge is 0.411 e. The fraction of sp³-hybridized carbons (Fsp3) is 1.00. The van der Waals surface area contributed by atoms with Gasteiger partial charge in [0.15, 0.2) is 0 Å². The second-order valence-electron chi connectivity index (χ2n) is 3.14. The van der Waals surface area contributed by atoms with Crippen LogP contribution in [0.25, 0.3) is 0 Å². The van der Waals surface area contributed by atoms with Crippen LogP contribution in [-0.2, 0) is 4.74 Å². The van der Waals surface area contributed by atoms with Crippen molar-refractivity contribution in [3.63, 3.8) is 0 Å². The fourth-order valence-electron chi connectivity index (χ4n) is 0.858. The average Bonchev–Trinajstić information content (AvgIpc) is 1.93. The van der Waals surface area contributed by atoms with Gasteiger partial charge in [-0.15, -0.1) is 0 Å². The molecule has 1 unspecified atom stereocenters. The van der Waals surface area contributed by atoms with Crippen molar-refractivity contribution in [1.82, 2.24) is 0 Å². The molecule has 0 saturated carbocycles. The number of halogens is 3. The smallest absolute Gasteiger partial charge is 0.372 e. The van der Waals surface area contributed by atoms with Gasteiger partial charge in [0, 0.05) is 12.6 Å². The normalized spacial score (nSPS) is 14.5. The van der Waals surface area contributed by atoms with Gasteiger partial charge in [-0.3, -0.25) is 0 Å². The van der Waals surface area contributed by atoms with Crippen LogP contribution in [-0.4, -0.2) is 25.4 Å². The summed E-state index contributed by atoms with van der Waals surface area (Å²) >= 11 is 0. The third-order valence-corrected chi connectivity index (χ3v) is 1.46. The zero-order valence-corrected chi connectivity index (χ0v) is 7.73. The van der Waals surface area contributed by atoms with E-state index in [0.29, 0.717) is 6.42 Å². The minimum Gasteiger partial charge on any atom is -0.372 e. The van der Waals surface area contributed by atoms with Crippen LogP contribution in [0.3, 0.4) is 0 Å². The van der Waals surface area contributed by atoms with Gasteiger partial charge in [0.2, 0.25) is 0 Å². The third kappa shape index (κ3) is 11.7. The van der Waals surface area contributed by atoms with Crippen LogP contribution >= 0.6 is 0 Å². The van der Waals surface area contributed by atoms with Crippen molar-refractivity contribution in [2.24, 2.45) is 5.73 Å². The Bertz CT molecular complexity index is 125. The predicted molar refractivity (Wildman–Crippen MR) is 44.4 cm³/mol. The Balaban J connectivity index is 3.09. The molecule has 80 valence electrons. The summed E-state index contributed by atoms with van der Waals surface area (Å²) in [6.07, 6.45) is -1.93. The third-order valence-electron chi connectivity index (χ3n) is 1.46. The van der Waals surface area contributed by atoms with E-state index in [1.54, 1.807) is 0 Å².